The molecule has 0 radical (unpaired) electrons. The fourth-order valence-electron chi connectivity index (χ4n) is 3.39. The lowest BCUT2D eigenvalue weighted by molar-refractivity contribution is -0.222. The fourth-order valence-corrected chi connectivity index (χ4v) is 3.39. The van der Waals surface area contributed by atoms with E-state index >= 15 is 0 Å². The van der Waals surface area contributed by atoms with Gasteiger partial charge in [-0.25, -0.2) is 9.78 Å². The molecule has 2 aromatic heterocycles. The largest absolute Gasteiger partial charge is 0.476 e. The molecule has 11 nitrogen and oxygen atoms in total. The zero-order chi connectivity index (χ0) is 23.1. The van der Waals surface area contributed by atoms with Gasteiger partial charge in [-0.15, -0.1) is 10.2 Å². The van der Waals surface area contributed by atoms with Crippen molar-refractivity contribution in [3.63, 3.8) is 0 Å². The number of carbonyl (C=O) groups is 1. The van der Waals surface area contributed by atoms with E-state index in [0.717, 1.165) is 12.1 Å². The van der Waals surface area contributed by atoms with Crippen LogP contribution >= 0.6 is 0 Å². The van der Waals surface area contributed by atoms with Gasteiger partial charge in [0.2, 0.25) is 5.88 Å². The molecule has 4 rings (SSSR count). The first-order valence-corrected chi connectivity index (χ1v) is 9.25. The summed E-state index contributed by atoms with van der Waals surface area (Å²) in [6.07, 6.45) is -8.82. The van der Waals surface area contributed by atoms with Crippen molar-refractivity contribution in [3.8, 4) is 5.88 Å². The molecule has 5 atom stereocenters. The van der Waals surface area contributed by atoms with E-state index in [0.29, 0.717) is 0 Å². The van der Waals surface area contributed by atoms with E-state index in [-0.39, 0.29) is 30.6 Å². The van der Waals surface area contributed by atoms with Crippen LogP contribution in [0.1, 0.15) is 16.2 Å². The molecule has 0 aliphatic carbocycles. The maximum absolute atomic E-state index is 12.9. The minimum Gasteiger partial charge on any atom is -0.476 e. The van der Waals surface area contributed by atoms with Crippen molar-refractivity contribution in [1.29, 1.82) is 0 Å². The minimum atomic E-state index is -4.65. The number of alkyl halides is 3. The second kappa shape index (κ2) is 8.12. The highest BCUT2D eigenvalue weighted by Gasteiger charge is 2.60. The second-order valence-electron chi connectivity index (χ2n) is 7.22. The molecule has 2 saturated heterocycles. The van der Waals surface area contributed by atoms with Gasteiger partial charge in [-0.2, -0.15) is 13.2 Å². The topological polar surface area (TPSA) is 156 Å². The Labute approximate surface area is 177 Å². The summed E-state index contributed by atoms with van der Waals surface area (Å²) in [6, 6.07) is 4.53. The molecule has 14 heteroatoms. The molecule has 0 aromatic carbocycles. The van der Waals surface area contributed by atoms with Gasteiger partial charge in [0.1, 0.15) is 36.4 Å². The Bertz CT molecular complexity index is 993. The molecule has 32 heavy (non-hydrogen) atoms. The van der Waals surface area contributed by atoms with Crippen molar-refractivity contribution >= 4 is 11.8 Å². The highest BCUT2D eigenvalue weighted by molar-refractivity contribution is 5.84. The van der Waals surface area contributed by atoms with E-state index in [1.807, 2.05) is 0 Å². The van der Waals surface area contributed by atoms with Crippen molar-refractivity contribution in [3.05, 3.63) is 41.7 Å². The number of fused-ring (bicyclic) bond motifs is 2. The summed E-state index contributed by atoms with van der Waals surface area (Å²) < 4.78 is 55.3. The molecular formula is C18H17F3N4O7. The summed E-state index contributed by atoms with van der Waals surface area (Å²) in [5.74, 6) is -1.50. The van der Waals surface area contributed by atoms with Crippen LogP contribution in [0.25, 0.3) is 0 Å². The fraction of sp³-hybridized carbons (Fsp3) is 0.444. The van der Waals surface area contributed by atoms with Crippen LogP contribution in [0.4, 0.5) is 19.0 Å². The minimum absolute atomic E-state index is 0.0495. The van der Waals surface area contributed by atoms with Gasteiger partial charge < -0.3 is 34.8 Å². The Kier molecular flexibility index (Phi) is 5.62. The van der Waals surface area contributed by atoms with Gasteiger partial charge >= 0.3 is 12.1 Å². The van der Waals surface area contributed by atoms with Gasteiger partial charge in [-0.1, -0.05) is 6.07 Å². The number of pyridine rings is 1. The van der Waals surface area contributed by atoms with Gasteiger partial charge in [0.05, 0.1) is 6.61 Å². The lowest BCUT2D eigenvalue weighted by Gasteiger charge is -2.42. The van der Waals surface area contributed by atoms with E-state index in [1.54, 1.807) is 0 Å². The number of aromatic nitrogens is 3. The van der Waals surface area contributed by atoms with Crippen LogP contribution in [0, 0.1) is 0 Å². The summed E-state index contributed by atoms with van der Waals surface area (Å²) in [6.45, 7) is -0.512. The molecule has 4 heterocycles. The van der Waals surface area contributed by atoms with Crippen molar-refractivity contribution in [1.82, 2.24) is 15.2 Å². The van der Waals surface area contributed by atoms with Crippen LogP contribution < -0.4 is 10.1 Å². The van der Waals surface area contributed by atoms with E-state index < -0.39 is 48.0 Å². The highest BCUT2D eigenvalue weighted by atomic mass is 19.4. The Morgan fingerprint density at radius 2 is 2.03 bits per heavy atom. The average Bonchev–Trinajstić information content (AvgIpc) is 3.16. The van der Waals surface area contributed by atoms with Crippen LogP contribution in [0.5, 0.6) is 5.88 Å². The van der Waals surface area contributed by atoms with Crippen LogP contribution in [-0.4, -0.2) is 79.8 Å². The van der Waals surface area contributed by atoms with Gasteiger partial charge in [0, 0.05) is 6.07 Å². The molecule has 0 spiro atoms. The van der Waals surface area contributed by atoms with Crippen molar-refractivity contribution < 1.29 is 47.5 Å². The third-order valence-corrected chi connectivity index (χ3v) is 5.04. The zero-order valence-corrected chi connectivity index (χ0v) is 16.1. The zero-order valence-electron chi connectivity index (χ0n) is 16.1. The third kappa shape index (κ3) is 4.17. The van der Waals surface area contributed by atoms with Gasteiger partial charge in [0.15, 0.2) is 17.6 Å². The molecular weight excluding hydrogens is 441 g/mol. The maximum Gasteiger partial charge on any atom is 0.433 e. The van der Waals surface area contributed by atoms with Gasteiger partial charge in [-0.05, 0) is 18.2 Å². The number of rotatable bonds is 6. The number of aromatic carboxylic acids is 1. The first-order chi connectivity index (χ1) is 15.1. The molecule has 172 valence electrons. The average molecular weight is 458 g/mol. The number of nitrogens with zero attached hydrogens (tertiary/aromatic N) is 3. The third-order valence-electron chi connectivity index (χ3n) is 5.04. The van der Waals surface area contributed by atoms with Gasteiger partial charge in [0.25, 0.3) is 0 Å². The Balaban J connectivity index is 1.45. The second-order valence-corrected chi connectivity index (χ2v) is 7.22. The summed E-state index contributed by atoms with van der Waals surface area (Å²) in [7, 11) is 0. The SMILES string of the molecule is O=C(O)c1ccc(OC[C@@]23CO[C@@H](O2)[C@H](Nc2cccc(C(F)(F)F)n2)[C@@H](O)[C@H]3O)nn1. The van der Waals surface area contributed by atoms with E-state index in [2.05, 4.69) is 20.5 Å². The number of hydrogen-bond acceptors (Lipinski definition) is 10. The predicted octanol–water partition coefficient (Wildman–Crippen LogP) is 0.295. The van der Waals surface area contributed by atoms with Gasteiger partial charge in [-0.3, -0.25) is 0 Å². The number of anilines is 1. The van der Waals surface area contributed by atoms with Crippen LogP contribution in [-0.2, 0) is 15.7 Å². The first kappa shape index (κ1) is 22.1. The lowest BCUT2D eigenvalue weighted by atomic mass is 9.88. The number of aliphatic hydroxyl groups excluding tert-OH is 2. The van der Waals surface area contributed by atoms with Crippen LogP contribution in [0.2, 0.25) is 0 Å². The molecule has 2 aliphatic rings. The molecule has 0 amide bonds. The lowest BCUT2D eigenvalue weighted by Crippen LogP contribution is -2.64. The van der Waals surface area contributed by atoms with Crippen LogP contribution in [0.15, 0.2) is 30.3 Å². The molecule has 2 aromatic rings. The molecule has 2 aliphatic heterocycles. The number of carboxylic acid groups (broad SMARTS) is 1. The van der Waals surface area contributed by atoms with E-state index in [4.69, 9.17) is 19.3 Å². The monoisotopic (exact) mass is 458 g/mol. The summed E-state index contributed by atoms with van der Waals surface area (Å²) in [5.41, 5.74) is -2.91. The molecule has 2 fully saturated rings. The summed E-state index contributed by atoms with van der Waals surface area (Å²) in [5, 5.41) is 39.8. The van der Waals surface area contributed by atoms with E-state index in [9.17, 15) is 28.2 Å². The van der Waals surface area contributed by atoms with E-state index in [1.165, 1.54) is 18.2 Å². The standard InChI is InChI=1S/C18H17F3N4O7/c19-18(20,21)9-2-1-3-10(22-9)23-12-13(26)14(27)17(7-31-16(12)32-17)6-30-11-5-4-8(15(28)29)24-25-11/h1-5,12-14,16,26-27H,6-7H2,(H,22,23)(H,28,29)/t12-,13-,14-,16+,17+/m1/s1. The number of ether oxygens (including phenoxy) is 3. The first-order valence-electron chi connectivity index (χ1n) is 9.25. The predicted molar refractivity (Wildman–Crippen MR) is 96.7 cm³/mol. The Morgan fingerprint density at radius 1 is 1.25 bits per heavy atom. The smallest absolute Gasteiger partial charge is 0.433 e. The Morgan fingerprint density at radius 3 is 2.69 bits per heavy atom. The maximum atomic E-state index is 12.9. The quantitative estimate of drug-likeness (QED) is 0.472. The highest BCUT2D eigenvalue weighted by Crippen LogP contribution is 2.38. The number of hydrogen-bond donors (Lipinski definition) is 4. The summed E-state index contributed by atoms with van der Waals surface area (Å²) >= 11 is 0. The number of carboxylic acids is 1. The summed E-state index contributed by atoms with van der Waals surface area (Å²) in [4.78, 5) is 14.3. The molecule has 0 saturated carbocycles. The van der Waals surface area contributed by atoms with Crippen LogP contribution in [0.3, 0.4) is 0 Å². The number of nitrogens with one attached hydrogen (secondary N) is 1. The normalized spacial score (nSPS) is 29.5. The van der Waals surface area contributed by atoms with Crippen molar-refractivity contribution in [2.45, 2.75) is 36.3 Å². The Hall–Kier alpha value is -3.07. The molecule has 2 bridgehead atoms. The molecule has 4 N–H and O–H groups in total. The molecule has 0 unspecified atom stereocenters. The van der Waals surface area contributed by atoms with Crippen molar-refractivity contribution in [2.75, 3.05) is 18.5 Å². The number of aliphatic hydroxyl groups is 2. The van der Waals surface area contributed by atoms with Crippen molar-refractivity contribution in [2.24, 2.45) is 0 Å². The number of halogens is 3.